The summed E-state index contributed by atoms with van der Waals surface area (Å²) in [5, 5.41) is 0. The maximum atomic E-state index is 6.42. The van der Waals surface area contributed by atoms with Gasteiger partial charge in [0, 0.05) is 31.0 Å². The van der Waals surface area contributed by atoms with Gasteiger partial charge in [0.25, 0.3) is 0 Å². The quantitative estimate of drug-likeness (QED) is 0.761. The molecular formula is C16H32N2O2. The first-order valence-electron chi connectivity index (χ1n) is 8.37. The Bertz CT molecular complexity index is 290. The maximum absolute atomic E-state index is 6.42. The predicted octanol–water partition coefficient (Wildman–Crippen LogP) is 2.51. The third-order valence-corrected chi connectivity index (χ3v) is 4.80. The zero-order valence-electron chi connectivity index (χ0n) is 13.4. The number of nitrogens with zero attached hydrogens (tertiary/aromatic N) is 1. The first-order valence-corrected chi connectivity index (χ1v) is 8.37. The van der Waals surface area contributed by atoms with Crippen molar-refractivity contribution < 1.29 is 9.47 Å². The van der Waals surface area contributed by atoms with Gasteiger partial charge >= 0.3 is 0 Å². The molecule has 1 saturated heterocycles. The molecule has 1 spiro atoms. The van der Waals surface area contributed by atoms with Crippen LogP contribution in [-0.2, 0) is 9.47 Å². The van der Waals surface area contributed by atoms with Gasteiger partial charge in [-0.2, -0.15) is 0 Å². The summed E-state index contributed by atoms with van der Waals surface area (Å²) in [5.74, 6) is -0.335. The van der Waals surface area contributed by atoms with Gasteiger partial charge in [-0.1, -0.05) is 19.8 Å². The second-order valence-electron chi connectivity index (χ2n) is 6.62. The molecule has 0 aromatic rings. The van der Waals surface area contributed by atoms with Gasteiger partial charge in [-0.15, -0.1) is 0 Å². The largest absolute Gasteiger partial charge is 0.347 e. The van der Waals surface area contributed by atoms with Crippen molar-refractivity contribution >= 4 is 0 Å². The van der Waals surface area contributed by atoms with Gasteiger partial charge in [-0.25, -0.2) is 0 Å². The lowest BCUT2D eigenvalue weighted by atomic mass is 9.84. The van der Waals surface area contributed by atoms with Crippen molar-refractivity contribution in [1.29, 1.82) is 0 Å². The summed E-state index contributed by atoms with van der Waals surface area (Å²) in [4.78, 5) is 2.58. The van der Waals surface area contributed by atoms with Gasteiger partial charge in [-0.05, 0) is 33.2 Å². The fourth-order valence-corrected chi connectivity index (χ4v) is 3.62. The van der Waals surface area contributed by atoms with Gasteiger partial charge in [0.15, 0.2) is 5.79 Å². The van der Waals surface area contributed by atoms with Crippen LogP contribution in [0, 0.1) is 0 Å². The van der Waals surface area contributed by atoms with E-state index in [9.17, 15) is 0 Å². The molecule has 2 atom stereocenters. The molecule has 2 aliphatic rings. The van der Waals surface area contributed by atoms with Crippen LogP contribution in [0.4, 0.5) is 0 Å². The molecule has 0 radical (unpaired) electrons. The van der Waals surface area contributed by atoms with Crippen LogP contribution in [0.5, 0.6) is 0 Å². The highest BCUT2D eigenvalue weighted by Crippen LogP contribution is 2.37. The first-order chi connectivity index (χ1) is 9.58. The van der Waals surface area contributed by atoms with Gasteiger partial charge in [0.05, 0.1) is 13.2 Å². The molecule has 0 aromatic carbocycles. The van der Waals surface area contributed by atoms with Crippen molar-refractivity contribution in [2.45, 2.75) is 83.2 Å². The molecule has 0 aromatic heterocycles. The number of unbranched alkanes of at least 4 members (excludes halogenated alkanes) is 2. The Hall–Kier alpha value is -0.160. The fourth-order valence-electron chi connectivity index (χ4n) is 3.62. The van der Waals surface area contributed by atoms with Crippen LogP contribution >= 0.6 is 0 Å². The zero-order valence-corrected chi connectivity index (χ0v) is 13.4. The second kappa shape index (κ2) is 7.21. The topological polar surface area (TPSA) is 47.7 Å². The smallest absolute Gasteiger partial charge is 0.170 e. The Balaban J connectivity index is 2.00. The molecule has 1 heterocycles. The van der Waals surface area contributed by atoms with Crippen molar-refractivity contribution in [3.05, 3.63) is 0 Å². The van der Waals surface area contributed by atoms with Crippen molar-refractivity contribution in [2.75, 3.05) is 19.8 Å². The number of rotatable bonds is 6. The molecule has 118 valence electrons. The van der Waals surface area contributed by atoms with Crippen LogP contribution in [0.1, 0.15) is 59.3 Å². The Kier molecular flexibility index (Phi) is 5.84. The highest BCUT2D eigenvalue weighted by Gasteiger charge is 2.46. The molecule has 2 fully saturated rings. The van der Waals surface area contributed by atoms with Crippen LogP contribution < -0.4 is 5.73 Å². The molecule has 4 heteroatoms. The molecule has 0 bridgehead atoms. The van der Waals surface area contributed by atoms with E-state index in [2.05, 4.69) is 25.7 Å². The summed E-state index contributed by atoms with van der Waals surface area (Å²) >= 11 is 0. The second-order valence-corrected chi connectivity index (χ2v) is 6.62. The summed E-state index contributed by atoms with van der Waals surface area (Å²) < 4.78 is 11.8. The Labute approximate surface area is 124 Å². The van der Waals surface area contributed by atoms with Crippen LogP contribution in [0.15, 0.2) is 0 Å². The van der Waals surface area contributed by atoms with E-state index in [0.717, 1.165) is 39.0 Å². The normalized spacial score (nSPS) is 29.7. The number of nitrogens with two attached hydrogens (primary N) is 1. The number of ether oxygens (including phenoxy) is 2. The molecular weight excluding hydrogens is 252 g/mol. The van der Waals surface area contributed by atoms with E-state index in [4.69, 9.17) is 15.2 Å². The molecule has 2 unspecified atom stereocenters. The van der Waals surface area contributed by atoms with Crippen LogP contribution in [0.25, 0.3) is 0 Å². The number of hydrogen-bond acceptors (Lipinski definition) is 4. The fraction of sp³-hybridized carbons (Fsp3) is 1.00. The summed E-state index contributed by atoms with van der Waals surface area (Å²) in [5.41, 5.74) is 6.42. The zero-order chi connectivity index (χ0) is 14.6. The summed E-state index contributed by atoms with van der Waals surface area (Å²) in [7, 11) is 0. The number of hydrogen-bond donors (Lipinski definition) is 1. The molecule has 2 rings (SSSR count). The van der Waals surface area contributed by atoms with E-state index in [0.29, 0.717) is 12.1 Å². The van der Waals surface area contributed by atoms with Gasteiger partial charge in [0.2, 0.25) is 0 Å². The predicted molar refractivity (Wildman–Crippen MR) is 81.6 cm³/mol. The molecule has 1 aliphatic heterocycles. The molecule has 2 N–H and O–H groups in total. The minimum absolute atomic E-state index is 0.248. The molecule has 1 saturated carbocycles. The van der Waals surface area contributed by atoms with E-state index in [1.54, 1.807) is 0 Å². The summed E-state index contributed by atoms with van der Waals surface area (Å²) in [6, 6.07) is 1.16. The van der Waals surface area contributed by atoms with E-state index < -0.39 is 0 Å². The van der Waals surface area contributed by atoms with Crippen molar-refractivity contribution in [2.24, 2.45) is 5.73 Å². The highest BCUT2D eigenvalue weighted by molar-refractivity contribution is 4.95. The molecule has 20 heavy (non-hydrogen) atoms. The van der Waals surface area contributed by atoms with E-state index in [-0.39, 0.29) is 11.8 Å². The lowest BCUT2D eigenvalue weighted by molar-refractivity contribution is -0.193. The van der Waals surface area contributed by atoms with Crippen LogP contribution in [0.2, 0.25) is 0 Å². The van der Waals surface area contributed by atoms with Crippen molar-refractivity contribution in [3.8, 4) is 0 Å². The van der Waals surface area contributed by atoms with Gasteiger partial charge in [-0.3, -0.25) is 4.90 Å². The third kappa shape index (κ3) is 3.73. The summed E-state index contributed by atoms with van der Waals surface area (Å²) in [6.07, 6.45) is 6.69. The van der Waals surface area contributed by atoms with Gasteiger partial charge in [0.1, 0.15) is 0 Å². The molecule has 0 amide bonds. The Morgan fingerprint density at radius 1 is 1.25 bits per heavy atom. The molecule has 1 aliphatic carbocycles. The standard InChI is InChI=1S/C16H32N2O2/c1-4-5-6-9-18(13(2)3)15-12-16(8-7-14(15)17)19-10-11-20-16/h13-15H,4-12,17H2,1-3H3. The van der Waals surface area contributed by atoms with Crippen LogP contribution in [-0.4, -0.2) is 48.6 Å². The Morgan fingerprint density at radius 3 is 2.55 bits per heavy atom. The van der Waals surface area contributed by atoms with Crippen LogP contribution in [0.3, 0.4) is 0 Å². The van der Waals surface area contributed by atoms with Crippen molar-refractivity contribution in [3.63, 3.8) is 0 Å². The SMILES string of the molecule is CCCCCN(C(C)C)C1CC2(CCC1N)OCCO2. The lowest BCUT2D eigenvalue weighted by Gasteiger charge is -2.46. The summed E-state index contributed by atoms with van der Waals surface area (Å²) in [6.45, 7) is 9.41. The maximum Gasteiger partial charge on any atom is 0.170 e. The monoisotopic (exact) mass is 284 g/mol. The Morgan fingerprint density at radius 2 is 1.95 bits per heavy atom. The first kappa shape index (κ1) is 16.2. The van der Waals surface area contributed by atoms with E-state index >= 15 is 0 Å². The highest BCUT2D eigenvalue weighted by atomic mass is 16.7. The average Bonchev–Trinajstić information content (AvgIpc) is 2.86. The average molecular weight is 284 g/mol. The lowest BCUT2D eigenvalue weighted by Crippen LogP contribution is -2.58. The van der Waals surface area contributed by atoms with E-state index in [1.165, 1.54) is 19.3 Å². The third-order valence-electron chi connectivity index (χ3n) is 4.80. The van der Waals surface area contributed by atoms with Crippen molar-refractivity contribution in [1.82, 2.24) is 4.90 Å². The minimum Gasteiger partial charge on any atom is -0.347 e. The molecule has 4 nitrogen and oxygen atoms in total. The van der Waals surface area contributed by atoms with Gasteiger partial charge < -0.3 is 15.2 Å². The van der Waals surface area contributed by atoms with E-state index in [1.807, 2.05) is 0 Å². The minimum atomic E-state index is -0.335.